The van der Waals surface area contributed by atoms with E-state index in [1.807, 2.05) is 18.2 Å². The lowest BCUT2D eigenvalue weighted by Gasteiger charge is -2.35. The van der Waals surface area contributed by atoms with Crippen molar-refractivity contribution in [2.45, 2.75) is 18.4 Å². The van der Waals surface area contributed by atoms with E-state index in [9.17, 15) is 0 Å². The van der Waals surface area contributed by atoms with Crippen molar-refractivity contribution in [1.29, 1.82) is 0 Å². The zero-order valence-electron chi connectivity index (χ0n) is 9.74. The van der Waals surface area contributed by atoms with Crippen LogP contribution >= 0.6 is 23.2 Å². The second-order valence-electron chi connectivity index (χ2n) is 4.71. The van der Waals surface area contributed by atoms with Crippen molar-refractivity contribution in [3.8, 4) is 0 Å². The van der Waals surface area contributed by atoms with Crippen LogP contribution in [0, 0.1) is 0 Å². The van der Waals surface area contributed by atoms with Gasteiger partial charge in [-0.05, 0) is 35.2 Å². The minimum atomic E-state index is -0.0188. The first-order chi connectivity index (χ1) is 8.66. The van der Waals surface area contributed by atoms with Gasteiger partial charge in [0.2, 0.25) is 0 Å². The normalized spacial score (nSPS) is 18.9. The van der Waals surface area contributed by atoms with E-state index in [0.29, 0.717) is 16.0 Å². The lowest BCUT2D eigenvalue weighted by molar-refractivity contribution is 0.500. The van der Waals surface area contributed by atoms with Crippen molar-refractivity contribution in [1.82, 2.24) is 0 Å². The van der Waals surface area contributed by atoms with Crippen LogP contribution in [0.15, 0.2) is 42.5 Å². The summed E-state index contributed by atoms with van der Waals surface area (Å²) in [6.45, 7) is 0. The first-order valence-corrected chi connectivity index (χ1v) is 6.71. The SMILES string of the molecule is NC(c1ccc(Cl)c(Cl)c1)C1Cc2ccccc21. The third-order valence-corrected chi connectivity index (χ3v) is 4.40. The fourth-order valence-electron chi connectivity index (χ4n) is 2.57. The van der Waals surface area contributed by atoms with Crippen LogP contribution in [-0.4, -0.2) is 0 Å². The first-order valence-electron chi connectivity index (χ1n) is 5.95. The van der Waals surface area contributed by atoms with Crippen LogP contribution in [0.2, 0.25) is 10.0 Å². The van der Waals surface area contributed by atoms with Gasteiger partial charge in [-0.25, -0.2) is 0 Å². The van der Waals surface area contributed by atoms with Crippen LogP contribution < -0.4 is 5.73 Å². The van der Waals surface area contributed by atoms with Gasteiger partial charge in [-0.15, -0.1) is 0 Å². The third-order valence-electron chi connectivity index (χ3n) is 3.66. The predicted molar refractivity (Wildman–Crippen MR) is 76.3 cm³/mol. The van der Waals surface area contributed by atoms with Gasteiger partial charge in [0.1, 0.15) is 0 Å². The zero-order chi connectivity index (χ0) is 12.7. The molecule has 0 heterocycles. The summed E-state index contributed by atoms with van der Waals surface area (Å²) in [5, 5.41) is 1.14. The number of hydrogen-bond donors (Lipinski definition) is 1. The lowest BCUT2D eigenvalue weighted by atomic mass is 9.72. The Hall–Kier alpha value is -1.02. The Bertz CT molecular complexity index is 595. The van der Waals surface area contributed by atoms with Crippen molar-refractivity contribution in [2.24, 2.45) is 5.73 Å². The zero-order valence-corrected chi connectivity index (χ0v) is 11.2. The fourth-order valence-corrected chi connectivity index (χ4v) is 2.88. The van der Waals surface area contributed by atoms with Gasteiger partial charge in [-0.1, -0.05) is 53.5 Å². The maximum Gasteiger partial charge on any atom is 0.0595 e. The Balaban J connectivity index is 1.88. The summed E-state index contributed by atoms with van der Waals surface area (Å²) in [6, 6.07) is 14.1. The van der Waals surface area contributed by atoms with Gasteiger partial charge in [0.05, 0.1) is 10.0 Å². The molecule has 0 bridgehead atoms. The van der Waals surface area contributed by atoms with E-state index in [-0.39, 0.29) is 6.04 Å². The van der Waals surface area contributed by atoms with Gasteiger partial charge in [-0.2, -0.15) is 0 Å². The highest BCUT2D eigenvalue weighted by molar-refractivity contribution is 6.42. The van der Waals surface area contributed by atoms with Crippen molar-refractivity contribution < 1.29 is 0 Å². The fraction of sp³-hybridized carbons (Fsp3) is 0.200. The molecular formula is C15H13Cl2N. The van der Waals surface area contributed by atoms with Gasteiger partial charge in [0, 0.05) is 12.0 Å². The van der Waals surface area contributed by atoms with Gasteiger partial charge < -0.3 is 5.73 Å². The van der Waals surface area contributed by atoms with Gasteiger partial charge in [0.15, 0.2) is 0 Å². The van der Waals surface area contributed by atoms with Crippen LogP contribution in [-0.2, 0) is 6.42 Å². The third kappa shape index (κ3) is 1.93. The number of fused-ring (bicyclic) bond motifs is 1. The molecule has 0 radical (unpaired) electrons. The molecule has 0 aromatic heterocycles. The average molecular weight is 278 g/mol. The van der Waals surface area contributed by atoms with Crippen molar-refractivity contribution in [3.63, 3.8) is 0 Å². The van der Waals surface area contributed by atoms with Crippen LogP contribution in [0.25, 0.3) is 0 Å². The maximum atomic E-state index is 6.33. The summed E-state index contributed by atoms with van der Waals surface area (Å²) < 4.78 is 0. The van der Waals surface area contributed by atoms with Crippen molar-refractivity contribution in [3.05, 3.63) is 69.2 Å². The van der Waals surface area contributed by atoms with E-state index in [4.69, 9.17) is 28.9 Å². The van der Waals surface area contributed by atoms with Crippen LogP contribution in [0.1, 0.15) is 28.7 Å². The van der Waals surface area contributed by atoms with E-state index in [1.165, 1.54) is 11.1 Å². The second kappa shape index (κ2) is 4.58. The standard InChI is InChI=1S/C15H13Cl2N/c16-13-6-5-10(8-14(13)17)15(18)12-7-9-3-1-2-4-11(9)12/h1-6,8,12,15H,7,18H2. The van der Waals surface area contributed by atoms with E-state index in [2.05, 4.69) is 24.3 Å². The summed E-state index contributed by atoms with van der Waals surface area (Å²) in [7, 11) is 0. The molecule has 2 aromatic rings. The number of benzene rings is 2. The molecule has 0 saturated carbocycles. The summed E-state index contributed by atoms with van der Waals surface area (Å²) in [4.78, 5) is 0. The Morgan fingerprint density at radius 1 is 1.06 bits per heavy atom. The van der Waals surface area contributed by atoms with Crippen molar-refractivity contribution >= 4 is 23.2 Å². The predicted octanol–water partition coefficient (Wildman–Crippen LogP) is 4.33. The van der Waals surface area contributed by atoms with Crippen LogP contribution in [0.4, 0.5) is 0 Å². The van der Waals surface area contributed by atoms with E-state index >= 15 is 0 Å². The van der Waals surface area contributed by atoms with Crippen molar-refractivity contribution in [2.75, 3.05) is 0 Å². The minimum Gasteiger partial charge on any atom is -0.323 e. The highest BCUT2D eigenvalue weighted by Crippen LogP contribution is 2.42. The number of rotatable bonds is 2. The summed E-state index contributed by atoms with van der Waals surface area (Å²) in [5.74, 6) is 0.387. The topological polar surface area (TPSA) is 26.0 Å². The molecule has 2 atom stereocenters. The van der Waals surface area contributed by atoms with Gasteiger partial charge in [0.25, 0.3) is 0 Å². The molecule has 2 aromatic carbocycles. The molecular weight excluding hydrogens is 265 g/mol. The Morgan fingerprint density at radius 3 is 2.56 bits per heavy atom. The highest BCUT2D eigenvalue weighted by Gasteiger charge is 2.31. The molecule has 1 aliphatic rings. The number of halogens is 2. The lowest BCUT2D eigenvalue weighted by Crippen LogP contribution is -2.28. The molecule has 0 fully saturated rings. The molecule has 0 aliphatic heterocycles. The van der Waals surface area contributed by atoms with Gasteiger partial charge in [-0.3, -0.25) is 0 Å². The largest absolute Gasteiger partial charge is 0.323 e. The molecule has 3 heteroatoms. The summed E-state index contributed by atoms with van der Waals surface area (Å²) in [6.07, 6.45) is 1.04. The smallest absolute Gasteiger partial charge is 0.0595 e. The molecule has 2 N–H and O–H groups in total. The monoisotopic (exact) mass is 277 g/mol. The van der Waals surface area contributed by atoms with E-state index in [0.717, 1.165) is 12.0 Å². The Kier molecular flexibility index (Phi) is 3.06. The molecule has 0 spiro atoms. The van der Waals surface area contributed by atoms with Crippen LogP contribution in [0.3, 0.4) is 0 Å². The Morgan fingerprint density at radius 2 is 1.83 bits per heavy atom. The quantitative estimate of drug-likeness (QED) is 0.869. The number of nitrogens with two attached hydrogens (primary N) is 1. The average Bonchev–Trinajstić information content (AvgIpc) is 2.34. The summed E-state index contributed by atoms with van der Waals surface area (Å²) >= 11 is 12.0. The van der Waals surface area contributed by atoms with Crippen LogP contribution in [0.5, 0.6) is 0 Å². The molecule has 92 valence electrons. The van der Waals surface area contributed by atoms with Gasteiger partial charge >= 0.3 is 0 Å². The molecule has 18 heavy (non-hydrogen) atoms. The maximum absolute atomic E-state index is 6.33. The molecule has 0 saturated heterocycles. The first kappa shape index (κ1) is 12.0. The molecule has 0 amide bonds. The molecule has 1 aliphatic carbocycles. The van der Waals surface area contributed by atoms with E-state index in [1.54, 1.807) is 0 Å². The minimum absolute atomic E-state index is 0.0188. The van der Waals surface area contributed by atoms with E-state index < -0.39 is 0 Å². The Labute approximate surface area is 117 Å². The molecule has 2 unspecified atom stereocenters. The molecule has 3 rings (SSSR count). The number of hydrogen-bond acceptors (Lipinski definition) is 1. The second-order valence-corrected chi connectivity index (χ2v) is 5.52. The summed E-state index contributed by atoms with van der Waals surface area (Å²) in [5.41, 5.74) is 10.1. The highest BCUT2D eigenvalue weighted by atomic mass is 35.5. The molecule has 1 nitrogen and oxygen atoms in total.